The van der Waals surface area contributed by atoms with E-state index in [9.17, 15) is 4.79 Å². The molecule has 29 heavy (non-hydrogen) atoms. The number of carbonyl (C=O) groups is 1. The molecule has 0 bridgehead atoms. The van der Waals surface area contributed by atoms with Gasteiger partial charge in [-0.3, -0.25) is 4.90 Å². The largest absolute Gasteiger partial charge is 0.465 e. The lowest BCUT2D eigenvalue weighted by Gasteiger charge is -2.49. The third kappa shape index (κ3) is 3.60. The SMILES string of the molecule is COC(=O)c1cc(Cl)c2c(c1C)OC(C)(C1CCC(N3CC(N(C)C)C3)CC1)O2. The van der Waals surface area contributed by atoms with Crippen LogP contribution in [0.15, 0.2) is 6.07 Å². The minimum Gasteiger partial charge on any atom is -0.465 e. The van der Waals surface area contributed by atoms with Crippen LogP contribution >= 0.6 is 11.6 Å². The first-order chi connectivity index (χ1) is 13.7. The van der Waals surface area contributed by atoms with Gasteiger partial charge < -0.3 is 19.1 Å². The lowest BCUT2D eigenvalue weighted by molar-refractivity contribution is -0.127. The van der Waals surface area contributed by atoms with Crippen LogP contribution in [0.4, 0.5) is 0 Å². The van der Waals surface area contributed by atoms with Gasteiger partial charge in [-0.2, -0.15) is 0 Å². The molecule has 0 spiro atoms. The Kier molecular flexibility index (Phi) is 5.47. The maximum atomic E-state index is 12.1. The van der Waals surface area contributed by atoms with Crippen molar-refractivity contribution < 1.29 is 19.0 Å². The van der Waals surface area contributed by atoms with E-state index in [1.807, 2.05) is 13.8 Å². The number of carbonyl (C=O) groups excluding carboxylic acids is 1. The lowest BCUT2D eigenvalue weighted by Crippen LogP contribution is -2.61. The van der Waals surface area contributed by atoms with E-state index >= 15 is 0 Å². The molecule has 0 aromatic heterocycles. The molecule has 1 atom stereocenters. The minimum atomic E-state index is -0.752. The average Bonchev–Trinajstić information content (AvgIpc) is 3.03. The van der Waals surface area contributed by atoms with Gasteiger partial charge in [0.15, 0.2) is 11.5 Å². The first kappa shape index (κ1) is 20.8. The molecule has 1 aromatic rings. The molecule has 0 amide bonds. The summed E-state index contributed by atoms with van der Waals surface area (Å²) in [6.07, 6.45) is 4.42. The summed E-state index contributed by atoms with van der Waals surface area (Å²) in [6.45, 7) is 6.18. The molecule has 2 fully saturated rings. The molecule has 4 rings (SSSR count). The molecule has 1 aromatic carbocycles. The molecule has 1 aliphatic carbocycles. The zero-order valence-corrected chi connectivity index (χ0v) is 18.7. The van der Waals surface area contributed by atoms with Gasteiger partial charge in [-0.05, 0) is 52.8 Å². The summed E-state index contributed by atoms with van der Waals surface area (Å²) in [5, 5.41) is 0.388. The Morgan fingerprint density at radius 2 is 1.83 bits per heavy atom. The number of nitrogens with zero attached hydrogens (tertiary/aromatic N) is 2. The van der Waals surface area contributed by atoms with Crippen molar-refractivity contribution in [2.24, 2.45) is 5.92 Å². The van der Waals surface area contributed by atoms with Crippen molar-refractivity contribution in [1.82, 2.24) is 9.80 Å². The van der Waals surface area contributed by atoms with Crippen molar-refractivity contribution in [2.45, 2.75) is 57.4 Å². The molecule has 1 saturated heterocycles. The fourth-order valence-corrected chi connectivity index (χ4v) is 5.15. The smallest absolute Gasteiger partial charge is 0.338 e. The quantitative estimate of drug-likeness (QED) is 0.689. The maximum absolute atomic E-state index is 12.1. The summed E-state index contributed by atoms with van der Waals surface area (Å²) in [5.74, 6) is 0.221. The van der Waals surface area contributed by atoms with Crippen LogP contribution in [0.25, 0.3) is 0 Å². The van der Waals surface area contributed by atoms with Crippen molar-refractivity contribution in [1.29, 1.82) is 0 Å². The van der Waals surface area contributed by atoms with Gasteiger partial charge in [-0.15, -0.1) is 0 Å². The molecule has 160 valence electrons. The fourth-order valence-electron chi connectivity index (χ4n) is 4.91. The number of benzene rings is 1. The highest BCUT2D eigenvalue weighted by Crippen LogP contribution is 2.51. The Morgan fingerprint density at radius 3 is 2.41 bits per heavy atom. The van der Waals surface area contributed by atoms with Gasteiger partial charge >= 0.3 is 5.97 Å². The van der Waals surface area contributed by atoms with E-state index in [4.69, 9.17) is 25.8 Å². The van der Waals surface area contributed by atoms with E-state index in [1.54, 1.807) is 6.07 Å². The van der Waals surface area contributed by atoms with Crippen molar-refractivity contribution in [2.75, 3.05) is 34.3 Å². The summed E-state index contributed by atoms with van der Waals surface area (Å²) in [5.41, 5.74) is 1.13. The number of hydrogen-bond acceptors (Lipinski definition) is 6. The molecule has 7 heteroatoms. The highest BCUT2D eigenvalue weighted by Gasteiger charge is 2.48. The zero-order chi connectivity index (χ0) is 20.9. The standard InChI is InChI=1S/C22H31ClN2O4/c1-13-17(21(26)27-5)10-18(23)20-19(13)28-22(2,29-20)14-6-8-15(9-7-14)25-11-16(12-25)24(3)4/h10,14-16H,6-9,11-12H2,1-5H3. The number of fused-ring (bicyclic) bond motifs is 1. The number of likely N-dealkylation sites (N-methyl/N-ethyl adjacent to an activating group) is 1. The molecule has 2 aliphatic heterocycles. The van der Waals surface area contributed by atoms with Gasteiger partial charge in [-0.25, -0.2) is 4.79 Å². The van der Waals surface area contributed by atoms with E-state index in [0.29, 0.717) is 39.7 Å². The van der Waals surface area contributed by atoms with Crippen molar-refractivity contribution >= 4 is 17.6 Å². The molecule has 2 heterocycles. The molecule has 6 nitrogen and oxygen atoms in total. The number of hydrogen-bond donors (Lipinski definition) is 0. The first-order valence-electron chi connectivity index (χ1n) is 10.4. The van der Waals surface area contributed by atoms with Crippen molar-refractivity contribution in [3.05, 3.63) is 22.2 Å². The third-order valence-corrected chi connectivity index (χ3v) is 7.31. The van der Waals surface area contributed by atoms with Crippen LogP contribution in [0.3, 0.4) is 0 Å². The van der Waals surface area contributed by atoms with Gasteiger partial charge in [0, 0.05) is 43.6 Å². The topological polar surface area (TPSA) is 51.2 Å². The molecular formula is C22H31ClN2O4. The average molecular weight is 423 g/mol. The predicted octanol–water partition coefficient (Wildman–Crippen LogP) is 3.73. The van der Waals surface area contributed by atoms with Crippen LogP contribution in [0.5, 0.6) is 11.5 Å². The van der Waals surface area contributed by atoms with Crippen LogP contribution < -0.4 is 9.47 Å². The molecular weight excluding hydrogens is 392 g/mol. The van der Waals surface area contributed by atoms with E-state index in [2.05, 4.69) is 23.9 Å². The van der Waals surface area contributed by atoms with Crippen molar-refractivity contribution in [3.8, 4) is 11.5 Å². The molecule has 1 unspecified atom stereocenters. The zero-order valence-electron chi connectivity index (χ0n) is 18.0. The van der Waals surface area contributed by atoms with Crippen LogP contribution in [0.2, 0.25) is 5.02 Å². The van der Waals surface area contributed by atoms with Crippen LogP contribution in [-0.4, -0.2) is 67.9 Å². The molecule has 0 radical (unpaired) electrons. The number of halogens is 1. The van der Waals surface area contributed by atoms with Gasteiger partial charge in [0.1, 0.15) is 0 Å². The first-order valence-corrected chi connectivity index (χ1v) is 10.8. The summed E-state index contributed by atoms with van der Waals surface area (Å²) in [4.78, 5) is 17.0. The number of esters is 1. The van der Waals surface area contributed by atoms with Crippen LogP contribution in [0, 0.1) is 12.8 Å². The van der Waals surface area contributed by atoms with E-state index in [-0.39, 0.29) is 5.92 Å². The normalized spacial score (nSPS) is 29.8. The van der Waals surface area contributed by atoms with Crippen LogP contribution in [-0.2, 0) is 4.74 Å². The number of rotatable bonds is 4. The monoisotopic (exact) mass is 422 g/mol. The van der Waals surface area contributed by atoms with Gasteiger partial charge in [0.25, 0.3) is 5.79 Å². The second kappa shape index (κ2) is 7.64. The Hall–Kier alpha value is -1.50. The summed E-state index contributed by atoms with van der Waals surface area (Å²) in [6, 6.07) is 2.96. The summed E-state index contributed by atoms with van der Waals surface area (Å²) >= 11 is 6.42. The second-order valence-electron chi connectivity index (χ2n) is 8.98. The van der Waals surface area contributed by atoms with Gasteiger partial charge in [0.2, 0.25) is 0 Å². The Labute approximate surface area is 178 Å². The van der Waals surface area contributed by atoms with Crippen molar-refractivity contribution in [3.63, 3.8) is 0 Å². The fraction of sp³-hybridized carbons (Fsp3) is 0.682. The third-order valence-electron chi connectivity index (χ3n) is 7.03. The lowest BCUT2D eigenvalue weighted by atomic mass is 9.80. The number of ether oxygens (including phenoxy) is 3. The Bertz CT molecular complexity index is 800. The summed E-state index contributed by atoms with van der Waals surface area (Å²) in [7, 11) is 5.68. The van der Waals surface area contributed by atoms with E-state index < -0.39 is 11.8 Å². The van der Waals surface area contributed by atoms with Crippen LogP contribution in [0.1, 0.15) is 48.5 Å². The maximum Gasteiger partial charge on any atom is 0.338 e. The molecule has 0 N–H and O–H groups in total. The highest BCUT2D eigenvalue weighted by molar-refractivity contribution is 6.32. The summed E-state index contributed by atoms with van der Waals surface area (Å²) < 4.78 is 17.5. The van der Waals surface area contributed by atoms with E-state index in [0.717, 1.165) is 25.7 Å². The highest BCUT2D eigenvalue weighted by atomic mass is 35.5. The van der Waals surface area contributed by atoms with Gasteiger partial charge in [0.05, 0.1) is 17.7 Å². The Morgan fingerprint density at radius 1 is 1.21 bits per heavy atom. The number of likely N-dealkylation sites (tertiary alicyclic amines) is 1. The number of methoxy groups -OCH3 is 1. The molecule has 1 saturated carbocycles. The Balaban J connectivity index is 1.43. The minimum absolute atomic E-state index is 0.286. The predicted molar refractivity (Wildman–Crippen MR) is 112 cm³/mol. The molecule has 3 aliphatic rings. The van der Waals surface area contributed by atoms with E-state index in [1.165, 1.54) is 20.2 Å². The second-order valence-corrected chi connectivity index (χ2v) is 9.38. The van der Waals surface area contributed by atoms with Gasteiger partial charge in [-0.1, -0.05) is 11.6 Å².